The Morgan fingerprint density at radius 1 is 1.41 bits per heavy atom. The van der Waals surface area contributed by atoms with E-state index in [4.69, 9.17) is 21.1 Å². The summed E-state index contributed by atoms with van der Waals surface area (Å²) in [6, 6.07) is 0. The summed E-state index contributed by atoms with van der Waals surface area (Å²) in [5.41, 5.74) is 0. The lowest BCUT2D eigenvalue weighted by atomic mass is 10.1. The van der Waals surface area contributed by atoms with Crippen molar-refractivity contribution in [2.24, 2.45) is 0 Å². The molecule has 0 aromatic rings. The van der Waals surface area contributed by atoms with Crippen molar-refractivity contribution in [1.29, 1.82) is 0 Å². The molecule has 0 aliphatic carbocycles. The van der Waals surface area contributed by atoms with Crippen molar-refractivity contribution in [3.05, 3.63) is 24.3 Å². The molecule has 0 radical (unpaired) electrons. The lowest BCUT2D eigenvalue weighted by Gasteiger charge is -2.16. The molecule has 1 aliphatic rings. The maximum atomic E-state index is 10.5. The number of rotatable bonds is 5. The SMILES string of the molecule is C/C=C\[C@H]1OC(C)(C)O[C@H]1CC/C=C/C(=O)Cl. The Labute approximate surface area is 107 Å². The number of carbonyl (C=O) groups is 1. The summed E-state index contributed by atoms with van der Waals surface area (Å²) in [7, 11) is 0. The van der Waals surface area contributed by atoms with Crippen LogP contribution in [0.1, 0.15) is 33.6 Å². The molecule has 0 N–H and O–H groups in total. The van der Waals surface area contributed by atoms with Gasteiger partial charge < -0.3 is 9.47 Å². The fraction of sp³-hybridized carbons (Fsp3) is 0.615. The molecule has 1 fully saturated rings. The maximum absolute atomic E-state index is 10.5. The van der Waals surface area contributed by atoms with Crippen LogP contribution in [0.5, 0.6) is 0 Å². The van der Waals surface area contributed by atoms with Crippen LogP contribution in [-0.4, -0.2) is 23.2 Å². The van der Waals surface area contributed by atoms with E-state index in [0.29, 0.717) is 0 Å². The number of allylic oxidation sites excluding steroid dienone is 3. The van der Waals surface area contributed by atoms with E-state index >= 15 is 0 Å². The average molecular weight is 259 g/mol. The molecular formula is C13H19ClO3. The van der Waals surface area contributed by atoms with Gasteiger partial charge in [-0.25, -0.2) is 0 Å². The number of carbonyl (C=O) groups excluding carboxylic acids is 1. The van der Waals surface area contributed by atoms with Crippen molar-refractivity contribution < 1.29 is 14.3 Å². The van der Waals surface area contributed by atoms with Crippen molar-refractivity contribution in [1.82, 2.24) is 0 Å². The van der Waals surface area contributed by atoms with E-state index in [2.05, 4.69) is 0 Å². The minimum absolute atomic E-state index is 0.0184. The summed E-state index contributed by atoms with van der Waals surface area (Å²) in [5, 5.41) is -0.445. The molecular weight excluding hydrogens is 240 g/mol. The lowest BCUT2D eigenvalue weighted by molar-refractivity contribution is -0.143. The van der Waals surface area contributed by atoms with Gasteiger partial charge in [0.25, 0.3) is 0 Å². The quantitative estimate of drug-likeness (QED) is 0.432. The molecule has 0 spiro atoms. The second-order valence-electron chi connectivity index (χ2n) is 4.45. The Kier molecular flexibility index (Phi) is 5.37. The largest absolute Gasteiger partial charge is 0.344 e. The summed E-state index contributed by atoms with van der Waals surface area (Å²) >= 11 is 5.20. The fourth-order valence-electron chi connectivity index (χ4n) is 1.88. The zero-order valence-electron chi connectivity index (χ0n) is 10.5. The summed E-state index contributed by atoms with van der Waals surface area (Å²) in [6.45, 7) is 5.76. The Morgan fingerprint density at radius 3 is 2.71 bits per heavy atom. The summed E-state index contributed by atoms with van der Waals surface area (Å²) < 4.78 is 11.5. The van der Waals surface area contributed by atoms with Crippen molar-refractivity contribution in [2.45, 2.75) is 51.6 Å². The number of ether oxygens (including phenoxy) is 2. The Balaban J connectivity index is 2.48. The summed E-state index contributed by atoms with van der Waals surface area (Å²) in [4.78, 5) is 10.5. The van der Waals surface area contributed by atoms with Gasteiger partial charge in [0.15, 0.2) is 5.79 Å². The maximum Gasteiger partial charge on any atom is 0.244 e. The second-order valence-corrected chi connectivity index (χ2v) is 4.82. The van der Waals surface area contributed by atoms with Crippen LogP contribution >= 0.6 is 11.6 Å². The molecule has 1 heterocycles. The predicted octanol–water partition coefficient (Wildman–Crippen LogP) is 3.18. The second kappa shape index (κ2) is 6.34. The Hall–Kier alpha value is -0.640. The van der Waals surface area contributed by atoms with Crippen molar-refractivity contribution in [3.8, 4) is 0 Å². The zero-order valence-corrected chi connectivity index (χ0v) is 11.2. The number of hydrogen-bond donors (Lipinski definition) is 0. The van der Waals surface area contributed by atoms with Gasteiger partial charge in [0.1, 0.15) is 6.10 Å². The third kappa shape index (κ3) is 5.02. The lowest BCUT2D eigenvalue weighted by Crippen LogP contribution is -2.21. The van der Waals surface area contributed by atoms with Crippen molar-refractivity contribution in [2.75, 3.05) is 0 Å². The monoisotopic (exact) mass is 258 g/mol. The van der Waals surface area contributed by atoms with Gasteiger partial charge in [-0.1, -0.05) is 18.2 Å². The Morgan fingerprint density at radius 2 is 2.12 bits per heavy atom. The molecule has 96 valence electrons. The number of halogens is 1. The predicted molar refractivity (Wildman–Crippen MR) is 67.9 cm³/mol. The molecule has 0 bridgehead atoms. The van der Waals surface area contributed by atoms with Crippen LogP contribution in [0.15, 0.2) is 24.3 Å². The smallest absolute Gasteiger partial charge is 0.244 e. The zero-order chi connectivity index (χ0) is 12.9. The van der Waals surface area contributed by atoms with Gasteiger partial charge in [-0.05, 0) is 51.3 Å². The van der Waals surface area contributed by atoms with E-state index in [1.165, 1.54) is 6.08 Å². The molecule has 0 amide bonds. The molecule has 1 rings (SSSR count). The van der Waals surface area contributed by atoms with Gasteiger partial charge in [0, 0.05) is 0 Å². The molecule has 1 aliphatic heterocycles. The molecule has 0 aromatic carbocycles. The van der Waals surface area contributed by atoms with Crippen LogP contribution in [-0.2, 0) is 14.3 Å². The third-order valence-electron chi connectivity index (χ3n) is 2.47. The first-order valence-electron chi connectivity index (χ1n) is 5.79. The first-order valence-corrected chi connectivity index (χ1v) is 6.17. The van der Waals surface area contributed by atoms with Crippen LogP contribution in [0, 0.1) is 0 Å². The normalized spacial score (nSPS) is 28.2. The Bertz CT molecular complexity index is 321. The van der Waals surface area contributed by atoms with Gasteiger partial charge >= 0.3 is 0 Å². The van der Waals surface area contributed by atoms with Gasteiger partial charge in [-0.3, -0.25) is 4.79 Å². The van der Waals surface area contributed by atoms with Crippen LogP contribution in [0.2, 0.25) is 0 Å². The summed E-state index contributed by atoms with van der Waals surface area (Å²) in [6.07, 6.45) is 8.64. The van der Waals surface area contributed by atoms with E-state index in [1.807, 2.05) is 32.9 Å². The molecule has 1 saturated heterocycles. The van der Waals surface area contributed by atoms with E-state index < -0.39 is 11.0 Å². The standard InChI is InChI=1S/C13H19ClO3/c1-4-7-10-11(17-13(2,3)16-10)8-5-6-9-12(14)15/h4,6-7,9-11H,5,8H2,1-3H3/b7-4-,9-6+/t10-,11+/m1/s1. The third-order valence-corrected chi connectivity index (χ3v) is 2.60. The van der Waals surface area contributed by atoms with Gasteiger partial charge in [0.05, 0.1) is 6.10 Å². The first kappa shape index (κ1) is 14.4. The highest BCUT2D eigenvalue weighted by molar-refractivity contribution is 6.66. The van der Waals surface area contributed by atoms with Gasteiger partial charge in [-0.2, -0.15) is 0 Å². The minimum Gasteiger partial charge on any atom is -0.344 e. The molecule has 0 saturated carbocycles. The molecule has 2 atom stereocenters. The van der Waals surface area contributed by atoms with Crippen LogP contribution in [0.4, 0.5) is 0 Å². The van der Waals surface area contributed by atoms with E-state index in [1.54, 1.807) is 6.08 Å². The summed E-state index contributed by atoms with van der Waals surface area (Å²) in [5.74, 6) is -0.541. The minimum atomic E-state index is -0.541. The van der Waals surface area contributed by atoms with Gasteiger partial charge in [-0.15, -0.1) is 0 Å². The fourth-order valence-corrected chi connectivity index (χ4v) is 1.96. The highest BCUT2D eigenvalue weighted by Gasteiger charge is 2.39. The highest BCUT2D eigenvalue weighted by atomic mass is 35.5. The first-order chi connectivity index (χ1) is 7.94. The van der Waals surface area contributed by atoms with Crippen molar-refractivity contribution >= 4 is 16.8 Å². The van der Waals surface area contributed by atoms with E-state index in [0.717, 1.165) is 12.8 Å². The number of hydrogen-bond acceptors (Lipinski definition) is 3. The van der Waals surface area contributed by atoms with Crippen LogP contribution in [0.3, 0.4) is 0 Å². The highest BCUT2D eigenvalue weighted by Crippen LogP contribution is 2.31. The van der Waals surface area contributed by atoms with Crippen LogP contribution in [0.25, 0.3) is 0 Å². The average Bonchev–Trinajstić information content (AvgIpc) is 2.49. The topological polar surface area (TPSA) is 35.5 Å². The van der Waals surface area contributed by atoms with Crippen LogP contribution < -0.4 is 0 Å². The van der Waals surface area contributed by atoms with E-state index in [9.17, 15) is 4.79 Å². The molecule has 3 nitrogen and oxygen atoms in total. The molecule has 17 heavy (non-hydrogen) atoms. The van der Waals surface area contributed by atoms with E-state index in [-0.39, 0.29) is 12.2 Å². The van der Waals surface area contributed by atoms with Crippen molar-refractivity contribution in [3.63, 3.8) is 0 Å². The molecule has 0 unspecified atom stereocenters. The molecule has 0 aromatic heterocycles. The molecule has 4 heteroatoms. The van der Waals surface area contributed by atoms with Gasteiger partial charge in [0.2, 0.25) is 5.24 Å².